The second-order valence-corrected chi connectivity index (χ2v) is 8.00. The van der Waals surface area contributed by atoms with Gasteiger partial charge in [0.25, 0.3) is 11.8 Å². The summed E-state index contributed by atoms with van der Waals surface area (Å²) in [4.78, 5) is 42.3. The third-order valence-corrected chi connectivity index (χ3v) is 5.27. The van der Waals surface area contributed by atoms with Crippen LogP contribution in [0, 0.1) is 5.92 Å². The van der Waals surface area contributed by atoms with E-state index >= 15 is 0 Å². The SMILES string of the molecule is COc1ccc(C(=O)N2CCN(C(=O)c3ccccc3)C(C(=O)NCC(C)C)C2)cc1. The molecule has 1 heterocycles. The number of ether oxygens (including phenoxy) is 1. The van der Waals surface area contributed by atoms with Gasteiger partial charge in [-0.05, 0) is 42.3 Å². The fraction of sp³-hybridized carbons (Fsp3) is 0.375. The molecule has 0 bridgehead atoms. The van der Waals surface area contributed by atoms with Gasteiger partial charge in [-0.1, -0.05) is 32.0 Å². The van der Waals surface area contributed by atoms with Crippen molar-refractivity contribution in [1.29, 1.82) is 0 Å². The predicted molar refractivity (Wildman–Crippen MR) is 118 cm³/mol. The normalized spacial score (nSPS) is 16.2. The summed E-state index contributed by atoms with van der Waals surface area (Å²) in [6.07, 6.45) is 0. The first-order valence-corrected chi connectivity index (χ1v) is 10.5. The Bertz CT molecular complexity index is 912. The number of methoxy groups -OCH3 is 1. The van der Waals surface area contributed by atoms with Crippen LogP contribution in [0.5, 0.6) is 5.75 Å². The molecular formula is C24H29N3O4. The maximum absolute atomic E-state index is 13.1. The van der Waals surface area contributed by atoms with Crippen LogP contribution in [0.1, 0.15) is 34.6 Å². The van der Waals surface area contributed by atoms with Crippen molar-refractivity contribution in [2.75, 3.05) is 33.3 Å². The van der Waals surface area contributed by atoms with Crippen LogP contribution < -0.4 is 10.1 Å². The Morgan fingerprint density at radius 3 is 2.23 bits per heavy atom. The van der Waals surface area contributed by atoms with Crippen molar-refractivity contribution < 1.29 is 19.1 Å². The van der Waals surface area contributed by atoms with Crippen LogP contribution in [0.4, 0.5) is 0 Å². The summed E-state index contributed by atoms with van der Waals surface area (Å²) in [5.41, 5.74) is 1.05. The lowest BCUT2D eigenvalue weighted by Gasteiger charge is -2.40. The molecule has 3 amide bonds. The molecule has 1 fully saturated rings. The minimum absolute atomic E-state index is 0.146. The number of amides is 3. The number of benzene rings is 2. The van der Waals surface area contributed by atoms with Gasteiger partial charge in [0.05, 0.1) is 13.7 Å². The first-order valence-electron chi connectivity index (χ1n) is 10.5. The Morgan fingerprint density at radius 2 is 1.61 bits per heavy atom. The van der Waals surface area contributed by atoms with Gasteiger partial charge in [0.2, 0.25) is 5.91 Å². The van der Waals surface area contributed by atoms with E-state index in [0.717, 1.165) is 0 Å². The average Bonchev–Trinajstić information content (AvgIpc) is 2.81. The summed E-state index contributed by atoms with van der Waals surface area (Å²) < 4.78 is 5.15. The van der Waals surface area contributed by atoms with Gasteiger partial charge >= 0.3 is 0 Å². The molecule has 1 atom stereocenters. The molecule has 7 nitrogen and oxygen atoms in total. The number of carbonyl (C=O) groups excluding carboxylic acids is 3. The zero-order valence-electron chi connectivity index (χ0n) is 18.2. The average molecular weight is 424 g/mol. The minimum Gasteiger partial charge on any atom is -0.497 e. The van der Waals surface area contributed by atoms with Gasteiger partial charge < -0.3 is 19.9 Å². The van der Waals surface area contributed by atoms with Gasteiger partial charge in [0.1, 0.15) is 11.8 Å². The van der Waals surface area contributed by atoms with Crippen LogP contribution in [-0.2, 0) is 4.79 Å². The smallest absolute Gasteiger partial charge is 0.254 e. The monoisotopic (exact) mass is 423 g/mol. The summed E-state index contributed by atoms with van der Waals surface area (Å²) in [7, 11) is 1.57. The molecule has 0 radical (unpaired) electrons. The van der Waals surface area contributed by atoms with Gasteiger partial charge in [0, 0.05) is 30.8 Å². The van der Waals surface area contributed by atoms with Crippen LogP contribution in [0.15, 0.2) is 54.6 Å². The van der Waals surface area contributed by atoms with E-state index < -0.39 is 6.04 Å². The van der Waals surface area contributed by atoms with E-state index in [2.05, 4.69) is 5.32 Å². The molecule has 1 N–H and O–H groups in total. The van der Waals surface area contributed by atoms with Gasteiger partial charge in [-0.2, -0.15) is 0 Å². The molecule has 0 spiro atoms. The molecular weight excluding hydrogens is 394 g/mol. The van der Waals surface area contributed by atoms with E-state index in [0.29, 0.717) is 30.0 Å². The van der Waals surface area contributed by atoms with Gasteiger partial charge in [-0.3, -0.25) is 14.4 Å². The maximum atomic E-state index is 13.1. The first-order chi connectivity index (χ1) is 14.9. The molecule has 0 saturated carbocycles. The Balaban J connectivity index is 1.80. The van der Waals surface area contributed by atoms with E-state index in [4.69, 9.17) is 4.74 Å². The Hall–Kier alpha value is -3.35. The van der Waals surface area contributed by atoms with Gasteiger partial charge in [-0.25, -0.2) is 0 Å². The number of carbonyl (C=O) groups is 3. The highest BCUT2D eigenvalue weighted by Crippen LogP contribution is 2.19. The number of nitrogens with one attached hydrogen (secondary N) is 1. The topological polar surface area (TPSA) is 79.0 Å². The largest absolute Gasteiger partial charge is 0.497 e. The fourth-order valence-electron chi connectivity index (χ4n) is 3.52. The van der Waals surface area contributed by atoms with Crippen LogP contribution >= 0.6 is 0 Å². The third kappa shape index (κ3) is 5.42. The standard InChI is InChI=1S/C24H29N3O4/c1-17(2)15-25-22(28)21-16-26(23(29)19-9-11-20(31-3)12-10-19)13-14-27(21)24(30)18-7-5-4-6-8-18/h4-12,17,21H,13-16H2,1-3H3,(H,25,28). The highest BCUT2D eigenvalue weighted by Gasteiger charge is 2.37. The quantitative estimate of drug-likeness (QED) is 0.774. The van der Waals surface area contributed by atoms with Crippen molar-refractivity contribution in [2.45, 2.75) is 19.9 Å². The van der Waals surface area contributed by atoms with E-state index in [9.17, 15) is 14.4 Å². The molecule has 1 saturated heterocycles. The summed E-state index contributed by atoms with van der Waals surface area (Å²) in [5.74, 6) is 0.326. The highest BCUT2D eigenvalue weighted by molar-refractivity contribution is 5.99. The first kappa shape index (κ1) is 22.3. The molecule has 7 heteroatoms. The fourth-order valence-corrected chi connectivity index (χ4v) is 3.52. The zero-order chi connectivity index (χ0) is 22.4. The molecule has 2 aromatic carbocycles. The maximum Gasteiger partial charge on any atom is 0.254 e. The van der Waals surface area contributed by atoms with Crippen molar-refractivity contribution >= 4 is 17.7 Å². The van der Waals surface area contributed by atoms with Gasteiger partial charge in [0.15, 0.2) is 0 Å². The van der Waals surface area contributed by atoms with Crippen molar-refractivity contribution in [2.24, 2.45) is 5.92 Å². The summed E-state index contributed by atoms with van der Waals surface area (Å²) in [6, 6.07) is 15.0. The van der Waals surface area contributed by atoms with Crippen LogP contribution in [0.2, 0.25) is 0 Å². The lowest BCUT2D eigenvalue weighted by atomic mass is 10.1. The molecule has 0 aliphatic carbocycles. The molecule has 1 aliphatic rings. The van der Waals surface area contributed by atoms with Gasteiger partial charge in [-0.15, -0.1) is 0 Å². The summed E-state index contributed by atoms with van der Waals surface area (Å²) in [5, 5.41) is 2.92. The predicted octanol–water partition coefficient (Wildman–Crippen LogP) is 2.43. The number of rotatable bonds is 6. The van der Waals surface area contributed by atoms with E-state index in [-0.39, 0.29) is 36.7 Å². The molecule has 3 rings (SSSR count). The summed E-state index contributed by atoms with van der Waals surface area (Å²) in [6.45, 7) is 5.32. The molecule has 31 heavy (non-hydrogen) atoms. The number of nitrogens with zero attached hydrogens (tertiary/aromatic N) is 2. The lowest BCUT2D eigenvalue weighted by Crippen LogP contribution is -2.61. The highest BCUT2D eigenvalue weighted by atomic mass is 16.5. The number of hydrogen-bond donors (Lipinski definition) is 1. The Morgan fingerprint density at radius 1 is 0.968 bits per heavy atom. The third-order valence-electron chi connectivity index (χ3n) is 5.27. The molecule has 1 unspecified atom stereocenters. The molecule has 164 valence electrons. The molecule has 0 aromatic heterocycles. The molecule has 1 aliphatic heterocycles. The van der Waals surface area contributed by atoms with Crippen LogP contribution in [0.3, 0.4) is 0 Å². The second-order valence-electron chi connectivity index (χ2n) is 8.00. The van der Waals surface area contributed by atoms with E-state index in [1.807, 2.05) is 19.9 Å². The van der Waals surface area contributed by atoms with Crippen molar-refractivity contribution in [3.05, 3.63) is 65.7 Å². The Kier molecular flexibility index (Phi) is 7.28. The minimum atomic E-state index is -0.748. The van der Waals surface area contributed by atoms with Crippen molar-refractivity contribution in [1.82, 2.24) is 15.1 Å². The lowest BCUT2D eigenvalue weighted by molar-refractivity contribution is -0.127. The van der Waals surface area contributed by atoms with E-state index in [1.165, 1.54) is 0 Å². The Labute approximate surface area is 183 Å². The summed E-state index contributed by atoms with van der Waals surface area (Å²) >= 11 is 0. The zero-order valence-corrected chi connectivity index (χ0v) is 18.2. The van der Waals surface area contributed by atoms with Crippen molar-refractivity contribution in [3.8, 4) is 5.75 Å². The van der Waals surface area contributed by atoms with Crippen molar-refractivity contribution in [3.63, 3.8) is 0 Å². The van der Waals surface area contributed by atoms with E-state index in [1.54, 1.807) is 65.4 Å². The number of piperazine rings is 1. The second kappa shape index (κ2) is 10.1. The van der Waals surface area contributed by atoms with Crippen LogP contribution in [0.25, 0.3) is 0 Å². The molecule has 2 aromatic rings. The van der Waals surface area contributed by atoms with Crippen LogP contribution in [-0.4, -0.2) is 66.9 Å². The number of hydrogen-bond acceptors (Lipinski definition) is 4.